The second-order valence-electron chi connectivity index (χ2n) is 7.61. The number of piperidine rings is 1. The van der Waals surface area contributed by atoms with E-state index in [1.807, 2.05) is 0 Å². The van der Waals surface area contributed by atoms with Crippen molar-refractivity contribution < 1.29 is 0 Å². The van der Waals surface area contributed by atoms with Crippen LogP contribution in [-0.4, -0.2) is 50.6 Å². The SMILES string of the molecule is CCNC(=NCC1(c2cccc(Br)c2)CC1)NCC1CCN(C)CC1.I. The molecule has 0 unspecified atom stereocenters. The van der Waals surface area contributed by atoms with Crippen LogP contribution in [-0.2, 0) is 5.41 Å². The molecule has 26 heavy (non-hydrogen) atoms. The van der Waals surface area contributed by atoms with Gasteiger partial charge in [-0.3, -0.25) is 4.99 Å². The van der Waals surface area contributed by atoms with Gasteiger partial charge in [0.2, 0.25) is 0 Å². The summed E-state index contributed by atoms with van der Waals surface area (Å²) in [6.45, 7) is 7.37. The Morgan fingerprint density at radius 1 is 1.27 bits per heavy atom. The third-order valence-electron chi connectivity index (χ3n) is 5.57. The van der Waals surface area contributed by atoms with Crippen molar-refractivity contribution in [3.8, 4) is 0 Å². The summed E-state index contributed by atoms with van der Waals surface area (Å²) in [4.78, 5) is 7.34. The van der Waals surface area contributed by atoms with Crippen LogP contribution in [0.3, 0.4) is 0 Å². The Hall–Kier alpha value is -0.340. The lowest BCUT2D eigenvalue weighted by molar-refractivity contribution is 0.220. The third kappa shape index (κ3) is 6.09. The minimum absolute atomic E-state index is 0. The van der Waals surface area contributed by atoms with Crippen LogP contribution in [0.2, 0.25) is 0 Å². The molecule has 1 heterocycles. The minimum atomic E-state index is 0. The van der Waals surface area contributed by atoms with Gasteiger partial charge in [0.05, 0.1) is 6.54 Å². The average Bonchev–Trinajstić information content (AvgIpc) is 3.40. The Balaban J connectivity index is 0.00000243. The quantitative estimate of drug-likeness (QED) is 0.329. The van der Waals surface area contributed by atoms with Crippen molar-refractivity contribution in [3.05, 3.63) is 34.3 Å². The van der Waals surface area contributed by atoms with Gasteiger partial charge in [-0.1, -0.05) is 28.1 Å². The van der Waals surface area contributed by atoms with Gasteiger partial charge in [0.15, 0.2) is 5.96 Å². The normalized spacial score (nSPS) is 20.3. The number of rotatable bonds is 6. The number of aliphatic imine (C=N–C) groups is 1. The van der Waals surface area contributed by atoms with Gasteiger partial charge >= 0.3 is 0 Å². The molecule has 0 spiro atoms. The van der Waals surface area contributed by atoms with E-state index in [2.05, 4.69) is 69.7 Å². The summed E-state index contributed by atoms with van der Waals surface area (Å²) >= 11 is 3.60. The van der Waals surface area contributed by atoms with Gasteiger partial charge in [-0.25, -0.2) is 0 Å². The van der Waals surface area contributed by atoms with E-state index in [0.29, 0.717) is 0 Å². The van der Waals surface area contributed by atoms with E-state index in [4.69, 9.17) is 4.99 Å². The Bertz CT molecular complexity index is 595. The van der Waals surface area contributed by atoms with Crippen molar-refractivity contribution in [2.45, 2.75) is 38.0 Å². The first kappa shape index (κ1) is 22.0. The summed E-state index contributed by atoms with van der Waals surface area (Å²) in [5, 5.41) is 6.99. The molecule has 2 N–H and O–H groups in total. The molecule has 2 fully saturated rings. The topological polar surface area (TPSA) is 39.7 Å². The first-order valence-corrected chi connectivity index (χ1v) is 10.4. The fourth-order valence-electron chi connectivity index (χ4n) is 3.59. The van der Waals surface area contributed by atoms with Crippen LogP contribution in [0.15, 0.2) is 33.7 Å². The zero-order valence-corrected chi connectivity index (χ0v) is 19.8. The van der Waals surface area contributed by atoms with Gasteiger partial charge in [0.25, 0.3) is 0 Å². The summed E-state index contributed by atoms with van der Waals surface area (Å²) in [6.07, 6.45) is 5.04. The van der Waals surface area contributed by atoms with Crippen molar-refractivity contribution in [3.63, 3.8) is 0 Å². The fourth-order valence-corrected chi connectivity index (χ4v) is 3.99. The number of hydrogen-bond donors (Lipinski definition) is 2. The average molecular weight is 535 g/mol. The molecule has 4 nitrogen and oxygen atoms in total. The molecule has 0 atom stereocenters. The van der Waals surface area contributed by atoms with Crippen LogP contribution >= 0.6 is 39.9 Å². The van der Waals surface area contributed by atoms with Gasteiger partial charge in [-0.05, 0) is 76.4 Å². The summed E-state index contributed by atoms with van der Waals surface area (Å²) < 4.78 is 1.16. The van der Waals surface area contributed by atoms with Crippen molar-refractivity contribution >= 4 is 45.9 Å². The minimum Gasteiger partial charge on any atom is -0.357 e. The van der Waals surface area contributed by atoms with Crippen LogP contribution in [0.4, 0.5) is 0 Å². The summed E-state index contributed by atoms with van der Waals surface area (Å²) in [7, 11) is 2.21. The number of halogens is 2. The molecule has 1 saturated carbocycles. The second-order valence-corrected chi connectivity index (χ2v) is 8.53. The highest BCUT2D eigenvalue weighted by molar-refractivity contribution is 14.0. The number of nitrogens with zero attached hydrogens (tertiary/aromatic N) is 2. The molecule has 0 bridgehead atoms. The largest absolute Gasteiger partial charge is 0.357 e. The van der Waals surface area contributed by atoms with Crippen LogP contribution in [0.25, 0.3) is 0 Å². The van der Waals surface area contributed by atoms with Gasteiger partial charge in [-0.2, -0.15) is 0 Å². The van der Waals surface area contributed by atoms with E-state index in [0.717, 1.165) is 36.0 Å². The summed E-state index contributed by atoms with van der Waals surface area (Å²) in [5.41, 5.74) is 1.66. The zero-order chi connectivity index (χ0) is 17.7. The first-order chi connectivity index (χ1) is 12.1. The van der Waals surface area contributed by atoms with E-state index in [1.54, 1.807) is 0 Å². The van der Waals surface area contributed by atoms with Gasteiger partial charge in [-0.15, -0.1) is 24.0 Å². The molecule has 146 valence electrons. The molecule has 3 rings (SSSR count). The Morgan fingerprint density at radius 2 is 2.00 bits per heavy atom. The van der Waals surface area contributed by atoms with Crippen LogP contribution in [0.1, 0.15) is 38.2 Å². The molecule has 2 aliphatic rings. The highest BCUT2D eigenvalue weighted by Gasteiger charge is 2.44. The molecule has 6 heteroatoms. The number of guanidine groups is 1. The molecule has 1 aromatic rings. The second kappa shape index (κ2) is 10.3. The van der Waals surface area contributed by atoms with Crippen molar-refractivity contribution in [1.29, 1.82) is 0 Å². The molecule has 0 aromatic heterocycles. The summed E-state index contributed by atoms with van der Waals surface area (Å²) in [6, 6.07) is 8.72. The van der Waals surface area contributed by atoms with Crippen LogP contribution in [0, 0.1) is 5.92 Å². The molecule has 1 saturated heterocycles. The molecule has 1 aliphatic heterocycles. The number of hydrogen-bond acceptors (Lipinski definition) is 2. The predicted molar refractivity (Wildman–Crippen MR) is 125 cm³/mol. The molecular weight excluding hydrogens is 503 g/mol. The molecule has 0 radical (unpaired) electrons. The maximum absolute atomic E-state index is 4.92. The highest BCUT2D eigenvalue weighted by Crippen LogP contribution is 2.48. The van der Waals surface area contributed by atoms with E-state index in [-0.39, 0.29) is 29.4 Å². The van der Waals surface area contributed by atoms with Crippen LogP contribution in [0.5, 0.6) is 0 Å². The standard InChI is InChI=1S/C20H31BrN4.HI/c1-3-22-19(23-14-16-7-11-25(2)12-8-16)24-15-20(9-10-20)17-5-4-6-18(21)13-17;/h4-6,13,16H,3,7-12,14-15H2,1-2H3,(H2,22,23,24);1H. The molecule has 1 aliphatic carbocycles. The maximum atomic E-state index is 4.92. The maximum Gasteiger partial charge on any atom is 0.191 e. The van der Waals surface area contributed by atoms with E-state index < -0.39 is 0 Å². The van der Waals surface area contributed by atoms with E-state index in [9.17, 15) is 0 Å². The Kier molecular flexibility index (Phi) is 8.67. The Morgan fingerprint density at radius 3 is 2.62 bits per heavy atom. The van der Waals surface area contributed by atoms with E-state index >= 15 is 0 Å². The number of likely N-dealkylation sites (tertiary alicyclic amines) is 1. The van der Waals surface area contributed by atoms with Crippen LogP contribution < -0.4 is 10.6 Å². The lowest BCUT2D eigenvalue weighted by atomic mass is 9.96. The molecular formula is C20H32BrIN4. The van der Waals surface area contributed by atoms with Crippen molar-refractivity contribution in [2.24, 2.45) is 10.9 Å². The fraction of sp³-hybridized carbons (Fsp3) is 0.650. The lowest BCUT2D eigenvalue weighted by Crippen LogP contribution is -2.42. The van der Waals surface area contributed by atoms with E-state index in [1.165, 1.54) is 44.3 Å². The van der Waals surface area contributed by atoms with Crippen molar-refractivity contribution in [2.75, 3.05) is 39.8 Å². The van der Waals surface area contributed by atoms with Gasteiger partial charge < -0.3 is 15.5 Å². The smallest absolute Gasteiger partial charge is 0.191 e. The van der Waals surface area contributed by atoms with Gasteiger partial charge in [0, 0.05) is 23.0 Å². The first-order valence-electron chi connectivity index (χ1n) is 9.58. The Labute approximate surface area is 183 Å². The summed E-state index contributed by atoms with van der Waals surface area (Å²) in [5.74, 6) is 1.74. The lowest BCUT2D eigenvalue weighted by Gasteiger charge is -2.29. The third-order valence-corrected chi connectivity index (χ3v) is 6.06. The predicted octanol–water partition coefficient (Wildman–Crippen LogP) is 4.00. The highest BCUT2D eigenvalue weighted by atomic mass is 127. The van der Waals surface area contributed by atoms with Gasteiger partial charge in [0.1, 0.15) is 0 Å². The number of nitrogens with one attached hydrogen (secondary N) is 2. The van der Waals surface area contributed by atoms with Crippen molar-refractivity contribution in [1.82, 2.24) is 15.5 Å². The monoisotopic (exact) mass is 534 g/mol. The molecule has 0 amide bonds. The zero-order valence-electron chi connectivity index (χ0n) is 15.9. The number of benzene rings is 1. The molecule has 1 aromatic carbocycles.